The molecule has 0 unspecified atom stereocenters. The largest absolute Gasteiger partial charge is 0.461 e. The number of hydrogen-bond donors (Lipinski definition) is 0. The molecule has 2 aliphatic heterocycles. The summed E-state index contributed by atoms with van der Waals surface area (Å²) < 4.78 is 23.1. The van der Waals surface area contributed by atoms with Crippen molar-refractivity contribution in [3.63, 3.8) is 0 Å². The maximum absolute atomic E-state index is 12.1. The minimum absolute atomic E-state index is 0.0230. The predicted molar refractivity (Wildman–Crippen MR) is 76.9 cm³/mol. The van der Waals surface area contributed by atoms with E-state index in [-0.39, 0.29) is 29.8 Å². The van der Waals surface area contributed by atoms with Gasteiger partial charge in [0, 0.05) is 0 Å². The number of fused-ring (bicyclic) bond motifs is 1. The number of carbonyl (C=O) groups is 1. The normalized spacial score (nSPS) is 33.8. The van der Waals surface area contributed by atoms with Crippen LogP contribution in [-0.4, -0.2) is 45.0 Å². The summed E-state index contributed by atoms with van der Waals surface area (Å²) in [6.07, 6.45) is -1.30. The molecule has 5 nitrogen and oxygen atoms in total. The lowest BCUT2D eigenvalue weighted by Gasteiger charge is -2.41. The lowest BCUT2D eigenvalue weighted by Crippen LogP contribution is -2.56. The first-order valence-corrected chi connectivity index (χ1v) is 10.0. The van der Waals surface area contributed by atoms with Gasteiger partial charge in [-0.15, -0.1) is 0 Å². The van der Waals surface area contributed by atoms with Crippen molar-refractivity contribution in [2.75, 3.05) is 6.61 Å². The van der Waals surface area contributed by atoms with E-state index in [1.54, 1.807) is 0 Å². The summed E-state index contributed by atoms with van der Waals surface area (Å²) in [6.45, 7) is 14.6. The number of cyclic esters (lactones) is 1. The van der Waals surface area contributed by atoms with E-state index in [4.69, 9.17) is 18.6 Å². The Bertz CT molecular complexity index is 399. The van der Waals surface area contributed by atoms with E-state index >= 15 is 0 Å². The van der Waals surface area contributed by atoms with Crippen LogP contribution in [0.2, 0.25) is 18.1 Å². The van der Waals surface area contributed by atoms with Crippen molar-refractivity contribution < 1.29 is 23.4 Å². The number of hydrogen-bond acceptors (Lipinski definition) is 5. The van der Waals surface area contributed by atoms with Crippen molar-refractivity contribution in [2.45, 2.75) is 76.8 Å². The molecule has 0 aromatic heterocycles. The second-order valence-corrected chi connectivity index (χ2v) is 12.3. The molecule has 0 bridgehead atoms. The molecule has 116 valence electrons. The Morgan fingerprint density at radius 1 is 1.25 bits per heavy atom. The fourth-order valence-corrected chi connectivity index (χ4v) is 3.46. The Labute approximate surface area is 122 Å². The van der Waals surface area contributed by atoms with Gasteiger partial charge in [0.05, 0.1) is 0 Å². The van der Waals surface area contributed by atoms with E-state index in [1.165, 1.54) is 0 Å². The Morgan fingerprint density at radius 2 is 1.85 bits per heavy atom. The molecule has 0 aromatic carbocycles. The summed E-state index contributed by atoms with van der Waals surface area (Å²) in [5.41, 5.74) is 0. The van der Waals surface area contributed by atoms with Crippen molar-refractivity contribution in [2.24, 2.45) is 0 Å². The highest BCUT2D eigenvalue weighted by molar-refractivity contribution is 6.74. The Kier molecular flexibility index (Phi) is 3.82. The molecule has 0 N–H and O–H groups in total. The smallest absolute Gasteiger partial charge is 0.336 e. The zero-order valence-electron chi connectivity index (χ0n) is 13.5. The summed E-state index contributed by atoms with van der Waals surface area (Å²) in [4.78, 5) is 12.1. The lowest BCUT2D eigenvalue weighted by molar-refractivity contribution is -0.172. The molecule has 2 heterocycles. The van der Waals surface area contributed by atoms with Gasteiger partial charge in [0.2, 0.25) is 0 Å². The molecule has 0 aromatic rings. The number of carbonyl (C=O) groups excluding carboxylic acids is 1. The molecule has 6 heteroatoms. The topological polar surface area (TPSA) is 54.0 Å². The zero-order valence-corrected chi connectivity index (χ0v) is 14.5. The van der Waals surface area contributed by atoms with Crippen LogP contribution in [0.15, 0.2) is 0 Å². The van der Waals surface area contributed by atoms with Gasteiger partial charge in [0.1, 0.15) is 18.8 Å². The molecule has 0 spiro atoms. The fraction of sp³-hybridized carbons (Fsp3) is 0.929. The van der Waals surface area contributed by atoms with Crippen molar-refractivity contribution in [1.29, 1.82) is 0 Å². The van der Waals surface area contributed by atoms with E-state index in [9.17, 15) is 4.79 Å². The molecule has 0 saturated carbocycles. The predicted octanol–water partition coefficient (Wildman–Crippen LogP) is 2.45. The Balaban J connectivity index is 2.19. The lowest BCUT2D eigenvalue weighted by atomic mass is 10.1. The van der Waals surface area contributed by atoms with Crippen LogP contribution in [0.5, 0.6) is 0 Å². The highest BCUT2D eigenvalue weighted by Crippen LogP contribution is 2.41. The third-order valence-electron chi connectivity index (χ3n) is 4.37. The van der Waals surface area contributed by atoms with E-state index in [0.29, 0.717) is 0 Å². The average Bonchev–Trinajstić information content (AvgIpc) is 2.56. The van der Waals surface area contributed by atoms with Crippen LogP contribution in [0.3, 0.4) is 0 Å². The van der Waals surface area contributed by atoms with Gasteiger partial charge in [0.15, 0.2) is 20.2 Å². The van der Waals surface area contributed by atoms with Gasteiger partial charge < -0.3 is 18.6 Å². The fourth-order valence-electron chi connectivity index (χ4n) is 2.24. The Morgan fingerprint density at radius 3 is 2.40 bits per heavy atom. The minimum Gasteiger partial charge on any atom is -0.461 e. The summed E-state index contributed by atoms with van der Waals surface area (Å²) >= 11 is 0. The van der Waals surface area contributed by atoms with Gasteiger partial charge >= 0.3 is 5.97 Å². The quantitative estimate of drug-likeness (QED) is 0.579. The van der Waals surface area contributed by atoms with Crippen molar-refractivity contribution in [3.8, 4) is 0 Å². The van der Waals surface area contributed by atoms with Gasteiger partial charge in [0.25, 0.3) is 0 Å². The van der Waals surface area contributed by atoms with Crippen LogP contribution in [0.1, 0.15) is 34.6 Å². The SMILES string of the molecule is CC1(C)O[C@H]2[C@H](COC(=O)[C@@H]2O[Si](C)(C)C(C)(C)C)O1. The molecular weight excluding hydrogens is 276 g/mol. The van der Waals surface area contributed by atoms with E-state index < -0.39 is 20.2 Å². The summed E-state index contributed by atoms with van der Waals surface area (Å²) in [6, 6.07) is 0. The van der Waals surface area contributed by atoms with Crippen LogP contribution in [-0.2, 0) is 23.4 Å². The second kappa shape index (κ2) is 4.80. The molecule has 0 radical (unpaired) electrons. The molecule has 2 aliphatic rings. The molecule has 2 fully saturated rings. The van der Waals surface area contributed by atoms with Crippen molar-refractivity contribution in [3.05, 3.63) is 0 Å². The average molecular weight is 302 g/mol. The standard InChI is InChI=1S/C14H26O5Si/c1-13(2,3)20(6,7)19-11-10-9(8-16-12(11)15)17-14(4,5)18-10/h9-11H,8H2,1-7H3/t9-,10-,11+/m0/s1. The molecule has 0 aliphatic carbocycles. The Hall–Kier alpha value is -0.433. The van der Waals surface area contributed by atoms with Gasteiger partial charge in [-0.2, -0.15) is 0 Å². The molecule has 3 atom stereocenters. The monoisotopic (exact) mass is 302 g/mol. The third-order valence-corrected chi connectivity index (χ3v) is 8.83. The molecule has 2 saturated heterocycles. The van der Waals surface area contributed by atoms with Crippen LogP contribution in [0.4, 0.5) is 0 Å². The number of ether oxygens (including phenoxy) is 3. The van der Waals surface area contributed by atoms with E-state index in [1.807, 2.05) is 13.8 Å². The van der Waals surface area contributed by atoms with Crippen LogP contribution in [0.25, 0.3) is 0 Å². The summed E-state index contributed by atoms with van der Waals surface area (Å²) in [7, 11) is -2.08. The number of rotatable bonds is 2. The molecule has 20 heavy (non-hydrogen) atoms. The maximum Gasteiger partial charge on any atom is 0.336 e. The number of esters is 1. The molecule has 0 amide bonds. The highest BCUT2D eigenvalue weighted by atomic mass is 28.4. The second-order valence-electron chi connectivity index (χ2n) is 7.57. The van der Waals surface area contributed by atoms with Gasteiger partial charge in [-0.05, 0) is 32.0 Å². The van der Waals surface area contributed by atoms with Crippen molar-refractivity contribution >= 4 is 14.3 Å². The third kappa shape index (κ3) is 2.93. The first-order valence-electron chi connectivity index (χ1n) is 7.13. The maximum atomic E-state index is 12.1. The van der Waals surface area contributed by atoms with Gasteiger partial charge in [-0.3, -0.25) is 0 Å². The minimum atomic E-state index is -2.08. The van der Waals surface area contributed by atoms with Crippen molar-refractivity contribution in [1.82, 2.24) is 0 Å². The molecule has 2 rings (SSSR count). The van der Waals surface area contributed by atoms with Crippen LogP contribution >= 0.6 is 0 Å². The van der Waals surface area contributed by atoms with E-state index in [2.05, 4.69) is 33.9 Å². The van der Waals surface area contributed by atoms with Gasteiger partial charge in [-0.25, -0.2) is 4.79 Å². The van der Waals surface area contributed by atoms with Gasteiger partial charge in [-0.1, -0.05) is 20.8 Å². The van der Waals surface area contributed by atoms with E-state index in [0.717, 1.165) is 0 Å². The first-order chi connectivity index (χ1) is 8.93. The van der Waals surface area contributed by atoms with Crippen LogP contribution < -0.4 is 0 Å². The van der Waals surface area contributed by atoms with Crippen LogP contribution in [0, 0.1) is 0 Å². The summed E-state index contributed by atoms with van der Waals surface area (Å²) in [5, 5.41) is 0.0230. The zero-order chi connectivity index (χ0) is 15.3. The highest BCUT2D eigenvalue weighted by Gasteiger charge is 2.54. The molecular formula is C14H26O5Si. The first kappa shape index (κ1) is 15.9. The summed E-state index contributed by atoms with van der Waals surface area (Å²) in [5.74, 6) is -1.03.